The number of hydrogen-bond acceptors (Lipinski definition) is 4. The summed E-state index contributed by atoms with van der Waals surface area (Å²) in [6, 6.07) is 10.9. The SMILES string of the molecule is COCc1c(C(=O)N(C)Cc2cccc(OC(F)F)c2)sc2cccc(F)c12. The largest absolute Gasteiger partial charge is 0.435 e. The number of carbonyl (C=O) groups is 1. The molecule has 0 unspecified atom stereocenters. The van der Waals surface area contributed by atoms with Gasteiger partial charge in [0.25, 0.3) is 5.91 Å². The first-order chi connectivity index (χ1) is 13.4. The van der Waals surface area contributed by atoms with Gasteiger partial charge in [-0.3, -0.25) is 4.79 Å². The minimum atomic E-state index is -2.92. The van der Waals surface area contributed by atoms with Gasteiger partial charge in [0, 0.05) is 36.4 Å². The molecule has 4 nitrogen and oxygen atoms in total. The summed E-state index contributed by atoms with van der Waals surface area (Å²) in [5, 5.41) is 0.387. The summed E-state index contributed by atoms with van der Waals surface area (Å²) < 4.78 is 49.3. The van der Waals surface area contributed by atoms with Crippen molar-refractivity contribution >= 4 is 27.3 Å². The number of hydrogen-bond donors (Lipinski definition) is 0. The van der Waals surface area contributed by atoms with Crippen molar-refractivity contribution in [2.75, 3.05) is 14.2 Å². The third kappa shape index (κ3) is 4.28. The smallest absolute Gasteiger partial charge is 0.387 e. The van der Waals surface area contributed by atoms with Crippen molar-refractivity contribution in [3.8, 4) is 5.75 Å². The van der Waals surface area contributed by atoms with Crippen LogP contribution in [0.15, 0.2) is 42.5 Å². The Morgan fingerprint density at radius 3 is 2.68 bits per heavy atom. The maximum Gasteiger partial charge on any atom is 0.387 e. The Bertz CT molecular complexity index is 990. The van der Waals surface area contributed by atoms with E-state index in [1.807, 2.05) is 0 Å². The Morgan fingerprint density at radius 1 is 1.21 bits per heavy atom. The van der Waals surface area contributed by atoms with E-state index in [0.717, 1.165) is 0 Å². The first kappa shape index (κ1) is 20.2. The average Bonchev–Trinajstić information content (AvgIpc) is 3.01. The molecule has 0 saturated heterocycles. The maximum absolute atomic E-state index is 14.3. The summed E-state index contributed by atoms with van der Waals surface area (Å²) in [7, 11) is 3.08. The number of halogens is 3. The van der Waals surface area contributed by atoms with E-state index in [-0.39, 0.29) is 24.8 Å². The lowest BCUT2D eigenvalue weighted by Crippen LogP contribution is -2.26. The normalized spacial score (nSPS) is 11.2. The first-order valence-corrected chi connectivity index (χ1v) is 9.20. The van der Waals surface area contributed by atoms with E-state index in [1.165, 1.54) is 41.5 Å². The second-order valence-corrected chi connectivity index (χ2v) is 7.20. The molecule has 3 rings (SSSR count). The van der Waals surface area contributed by atoms with Crippen LogP contribution >= 0.6 is 11.3 Å². The van der Waals surface area contributed by atoms with E-state index in [9.17, 15) is 18.0 Å². The zero-order valence-electron chi connectivity index (χ0n) is 15.2. The molecule has 0 fully saturated rings. The van der Waals surface area contributed by atoms with Gasteiger partial charge in [-0.05, 0) is 29.8 Å². The molecule has 3 aromatic rings. The average molecular weight is 409 g/mol. The van der Waals surface area contributed by atoms with Crippen LogP contribution in [0.2, 0.25) is 0 Å². The van der Waals surface area contributed by atoms with Crippen molar-refractivity contribution in [3.05, 3.63) is 64.3 Å². The summed E-state index contributed by atoms with van der Waals surface area (Å²) in [5.41, 5.74) is 1.14. The molecule has 8 heteroatoms. The van der Waals surface area contributed by atoms with Gasteiger partial charge in [-0.1, -0.05) is 18.2 Å². The van der Waals surface area contributed by atoms with E-state index in [2.05, 4.69) is 4.74 Å². The minimum absolute atomic E-state index is 0.0253. The van der Waals surface area contributed by atoms with Crippen LogP contribution in [0.25, 0.3) is 10.1 Å². The van der Waals surface area contributed by atoms with Gasteiger partial charge in [0.15, 0.2) is 0 Å². The Labute approximate surface area is 164 Å². The molecule has 0 N–H and O–H groups in total. The minimum Gasteiger partial charge on any atom is -0.435 e. The number of fused-ring (bicyclic) bond motifs is 1. The number of carbonyl (C=O) groups excluding carboxylic acids is 1. The quantitative estimate of drug-likeness (QED) is 0.548. The standard InChI is InChI=1S/C20H18F3NO3S/c1-24(10-12-5-3-6-13(9-12)27-20(22)23)19(25)18-14(11-26-2)17-15(21)7-4-8-16(17)28-18/h3-9,20H,10-11H2,1-2H3. The van der Waals surface area contributed by atoms with E-state index in [1.54, 1.807) is 31.3 Å². The molecular formula is C20H18F3NO3S. The molecule has 1 aromatic heterocycles. The number of nitrogens with zero attached hydrogens (tertiary/aromatic N) is 1. The molecule has 28 heavy (non-hydrogen) atoms. The highest BCUT2D eigenvalue weighted by molar-refractivity contribution is 7.21. The highest BCUT2D eigenvalue weighted by Crippen LogP contribution is 2.34. The van der Waals surface area contributed by atoms with Gasteiger partial charge in [-0.2, -0.15) is 8.78 Å². The fourth-order valence-corrected chi connectivity index (χ4v) is 4.18. The number of rotatable bonds is 7. The fourth-order valence-electron chi connectivity index (χ4n) is 2.96. The summed E-state index contributed by atoms with van der Waals surface area (Å²) in [6.07, 6.45) is 0. The van der Waals surface area contributed by atoms with Gasteiger partial charge < -0.3 is 14.4 Å². The monoisotopic (exact) mass is 409 g/mol. The van der Waals surface area contributed by atoms with Crippen LogP contribution in [0.5, 0.6) is 5.75 Å². The molecule has 0 saturated carbocycles. The van der Waals surface area contributed by atoms with Crippen LogP contribution in [0.1, 0.15) is 20.8 Å². The summed E-state index contributed by atoms with van der Waals surface area (Å²) in [6.45, 7) is -2.63. The highest BCUT2D eigenvalue weighted by atomic mass is 32.1. The second kappa shape index (κ2) is 8.62. The van der Waals surface area contributed by atoms with Gasteiger partial charge in [0.2, 0.25) is 0 Å². The maximum atomic E-state index is 14.3. The van der Waals surface area contributed by atoms with Crippen molar-refractivity contribution in [2.45, 2.75) is 19.8 Å². The lowest BCUT2D eigenvalue weighted by Gasteiger charge is -2.18. The van der Waals surface area contributed by atoms with Crippen LogP contribution in [-0.2, 0) is 17.9 Å². The van der Waals surface area contributed by atoms with Gasteiger partial charge in [-0.15, -0.1) is 11.3 Å². The number of ether oxygens (including phenoxy) is 2. The third-order valence-corrected chi connectivity index (χ3v) is 5.32. The van der Waals surface area contributed by atoms with E-state index < -0.39 is 12.4 Å². The summed E-state index contributed by atoms with van der Waals surface area (Å²) in [5.74, 6) is -0.676. The molecule has 148 valence electrons. The van der Waals surface area contributed by atoms with Gasteiger partial charge in [0.05, 0.1) is 11.5 Å². The molecular weight excluding hydrogens is 391 g/mol. The molecule has 0 spiro atoms. The van der Waals surface area contributed by atoms with Crippen molar-refractivity contribution in [1.29, 1.82) is 0 Å². The number of methoxy groups -OCH3 is 1. The van der Waals surface area contributed by atoms with Crippen molar-refractivity contribution < 1.29 is 27.4 Å². The third-order valence-electron chi connectivity index (χ3n) is 4.14. The van der Waals surface area contributed by atoms with E-state index >= 15 is 0 Å². The number of amides is 1. The van der Waals surface area contributed by atoms with Gasteiger partial charge in [0.1, 0.15) is 11.6 Å². The summed E-state index contributed by atoms with van der Waals surface area (Å²) in [4.78, 5) is 14.8. The number of benzene rings is 2. The van der Waals surface area contributed by atoms with Crippen LogP contribution in [-0.4, -0.2) is 31.6 Å². The molecule has 0 aliphatic heterocycles. The van der Waals surface area contributed by atoms with Crippen LogP contribution < -0.4 is 4.74 Å². The van der Waals surface area contributed by atoms with Crippen LogP contribution in [0.3, 0.4) is 0 Å². The Hall–Kier alpha value is -2.58. The van der Waals surface area contributed by atoms with Gasteiger partial charge in [-0.25, -0.2) is 4.39 Å². The van der Waals surface area contributed by atoms with Gasteiger partial charge >= 0.3 is 6.61 Å². The zero-order chi connectivity index (χ0) is 20.3. The first-order valence-electron chi connectivity index (χ1n) is 8.38. The van der Waals surface area contributed by atoms with E-state index in [0.29, 0.717) is 26.1 Å². The molecule has 1 amide bonds. The highest BCUT2D eigenvalue weighted by Gasteiger charge is 2.23. The molecule has 0 aliphatic rings. The number of thiophene rings is 1. The Morgan fingerprint density at radius 2 is 1.96 bits per heavy atom. The van der Waals surface area contributed by atoms with Crippen molar-refractivity contribution in [1.82, 2.24) is 4.90 Å². The zero-order valence-corrected chi connectivity index (χ0v) is 16.1. The lowest BCUT2D eigenvalue weighted by molar-refractivity contribution is -0.0499. The topological polar surface area (TPSA) is 38.8 Å². The lowest BCUT2D eigenvalue weighted by atomic mass is 10.1. The summed E-state index contributed by atoms with van der Waals surface area (Å²) >= 11 is 1.20. The molecule has 0 atom stereocenters. The predicted octanol–water partition coefficient (Wildman–Crippen LogP) is 5.06. The van der Waals surface area contributed by atoms with E-state index in [4.69, 9.17) is 4.74 Å². The Kier molecular flexibility index (Phi) is 6.21. The molecule has 1 heterocycles. The number of alkyl halides is 2. The predicted molar refractivity (Wildman–Crippen MR) is 101 cm³/mol. The van der Waals surface area contributed by atoms with Crippen molar-refractivity contribution in [3.63, 3.8) is 0 Å². The van der Waals surface area contributed by atoms with Crippen LogP contribution in [0, 0.1) is 5.82 Å². The second-order valence-electron chi connectivity index (χ2n) is 6.14. The molecule has 0 bridgehead atoms. The molecule has 0 aliphatic carbocycles. The van der Waals surface area contributed by atoms with Crippen molar-refractivity contribution in [2.24, 2.45) is 0 Å². The Balaban J connectivity index is 1.87. The fraction of sp³-hybridized carbons (Fsp3) is 0.250. The molecule has 0 radical (unpaired) electrons. The van der Waals surface area contributed by atoms with Crippen LogP contribution in [0.4, 0.5) is 13.2 Å². The molecule has 2 aromatic carbocycles.